The number of nitrogens with zero attached hydrogens (tertiary/aromatic N) is 5. The van der Waals surface area contributed by atoms with Crippen LogP contribution in [-0.2, 0) is 0 Å². The second-order valence-electron chi connectivity index (χ2n) is 7.97. The van der Waals surface area contributed by atoms with Crippen molar-refractivity contribution in [2.45, 2.75) is 0 Å². The Bertz CT molecular complexity index is 1810. The van der Waals surface area contributed by atoms with Crippen LogP contribution < -0.4 is 14.8 Å². The summed E-state index contributed by atoms with van der Waals surface area (Å²) < 4.78 is 22.5. The topological polar surface area (TPSA) is 74.3 Å². The lowest BCUT2D eigenvalue weighted by molar-refractivity contribution is 0.416. The third-order valence-electron chi connectivity index (χ3n) is 5.70. The van der Waals surface area contributed by atoms with Crippen LogP contribution in [0.2, 0.25) is 0 Å². The number of para-hydroxylation sites is 2. The van der Waals surface area contributed by atoms with Gasteiger partial charge in [-0.15, -0.1) is 5.10 Å². The summed E-state index contributed by atoms with van der Waals surface area (Å²) in [5.41, 5.74) is 3.39. The molecule has 0 saturated carbocycles. The number of methoxy groups -OCH3 is 1. The Balaban J connectivity index is 1.49. The molecular formula is C27H18FN5O2S. The molecule has 6 aromatic rings. The van der Waals surface area contributed by atoms with Crippen LogP contribution in [0.4, 0.5) is 4.39 Å². The van der Waals surface area contributed by atoms with Gasteiger partial charge >= 0.3 is 0 Å². The van der Waals surface area contributed by atoms with E-state index in [-0.39, 0.29) is 11.4 Å². The molecule has 176 valence electrons. The fraction of sp³-hybridized carbons (Fsp3) is 0.0370. The highest BCUT2D eigenvalue weighted by atomic mass is 32.1. The van der Waals surface area contributed by atoms with E-state index in [0.717, 1.165) is 16.8 Å². The van der Waals surface area contributed by atoms with Gasteiger partial charge in [0, 0.05) is 17.3 Å². The summed E-state index contributed by atoms with van der Waals surface area (Å²) in [7, 11) is 1.58. The minimum atomic E-state index is -0.329. The monoisotopic (exact) mass is 495 g/mol. The van der Waals surface area contributed by atoms with Crippen molar-refractivity contribution in [2.24, 2.45) is 0 Å². The van der Waals surface area contributed by atoms with Gasteiger partial charge in [0.1, 0.15) is 17.3 Å². The number of halogens is 1. The minimum absolute atomic E-state index is 0.277. The van der Waals surface area contributed by atoms with Gasteiger partial charge in [-0.05, 0) is 54.6 Å². The van der Waals surface area contributed by atoms with Gasteiger partial charge in [0.05, 0.1) is 22.9 Å². The van der Waals surface area contributed by atoms with Crippen molar-refractivity contribution < 1.29 is 9.13 Å². The predicted octanol–water partition coefficient (Wildman–Crippen LogP) is 4.37. The summed E-state index contributed by atoms with van der Waals surface area (Å²) in [5, 5.41) is 9.17. The molecule has 0 bridgehead atoms. The Morgan fingerprint density at radius 2 is 1.69 bits per heavy atom. The molecule has 0 atom stereocenters. The molecule has 0 radical (unpaired) electrons. The number of hydrogen-bond donors (Lipinski definition) is 0. The zero-order valence-electron chi connectivity index (χ0n) is 19.0. The average molecular weight is 496 g/mol. The molecule has 6 rings (SSSR count). The van der Waals surface area contributed by atoms with E-state index >= 15 is 0 Å². The van der Waals surface area contributed by atoms with E-state index in [0.29, 0.717) is 32.3 Å². The van der Waals surface area contributed by atoms with Gasteiger partial charge in [-0.3, -0.25) is 4.79 Å². The van der Waals surface area contributed by atoms with E-state index in [1.54, 1.807) is 30.0 Å². The Hall–Kier alpha value is -4.63. The second kappa shape index (κ2) is 8.86. The van der Waals surface area contributed by atoms with E-state index in [2.05, 4.69) is 10.1 Å². The summed E-state index contributed by atoms with van der Waals surface area (Å²) in [5.74, 6) is 0.725. The molecule has 0 amide bonds. The van der Waals surface area contributed by atoms with Crippen molar-refractivity contribution in [3.8, 4) is 34.1 Å². The van der Waals surface area contributed by atoms with Gasteiger partial charge in [-0.25, -0.2) is 9.07 Å². The van der Waals surface area contributed by atoms with E-state index in [4.69, 9.17) is 9.84 Å². The van der Waals surface area contributed by atoms with Gasteiger partial charge in [0.15, 0.2) is 5.82 Å². The summed E-state index contributed by atoms with van der Waals surface area (Å²) in [6, 6.07) is 23.2. The molecule has 3 aromatic heterocycles. The summed E-state index contributed by atoms with van der Waals surface area (Å²) >= 11 is 1.24. The van der Waals surface area contributed by atoms with E-state index in [1.807, 2.05) is 60.8 Å². The minimum Gasteiger partial charge on any atom is -0.496 e. The maximum Gasteiger partial charge on any atom is 0.291 e. The highest BCUT2D eigenvalue weighted by molar-refractivity contribution is 7.15. The zero-order chi connectivity index (χ0) is 24.6. The first kappa shape index (κ1) is 21.9. The van der Waals surface area contributed by atoms with Crippen LogP contribution in [0, 0.1) is 5.82 Å². The zero-order valence-corrected chi connectivity index (χ0v) is 19.8. The molecule has 0 unspecified atom stereocenters. The number of hydrogen-bond acceptors (Lipinski definition) is 6. The van der Waals surface area contributed by atoms with Crippen LogP contribution >= 0.6 is 11.3 Å². The third kappa shape index (κ3) is 3.85. The van der Waals surface area contributed by atoms with Crippen molar-refractivity contribution in [2.75, 3.05) is 7.11 Å². The van der Waals surface area contributed by atoms with Crippen molar-refractivity contribution in [3.63, 3.8) is 0 Å². The SMILES string of the molecule is COc1ccccc1-c1nc2s/c(=C\c3cn(-c4ccccc4)nc3-c3ccc(F)cc3)c(=O)n2n1. The smallest absolute Gasteiger partial charge is 0.291 e. The Labute approximate surface area is 208 Å². The van der Waals surface area contributed by atoms with Crippen LogP contribution in [-0.4, -0.2) is 31.5 Å². The van der Waals surface area contributed by atoms with Gasteiger partial charge < -0.3 is 4.74 Å². The maximum absolute atomic E-state index is 13.6. The van der Waals surface area contributed by atoms with Crippen LogP contribution in [0.25, 0.3) is 39.4 Å². The van der Waals surface area contributed by atoms with Crippen LogP contribution in [0.1, 0.15) is 5.56 Å². The Morgan fingerprint density at radius 3 is 2.44 bits per heavy atom. The summed E-state index contributed by atoms with van der Waals surface area (Å²) in [6.07, 6.45) is 3.63. The van der Waals surface area contributed by atoms with E-state index in [9.17, 15) is 9.18 Å². The molecule has 0 aliphatic rings. The number of rotatable bonds is 5. The van der Waals surface area contributed by atoms with Crippen LogP contribution in [0.15, 0.2) is 89.9 Å². The lowest BCUT2D eigenvalue weighted by atomic mass is 10.1. The number of fused-ring (bicyclic) bond motifs is 1. The number of benzene rings is 3. The van der Waals surface area contributed by atoms with Gasteiger partial charge in [0.25, 0.3) is 5.56 Å². The number of aromatic nitrogens is 5. The first-order valence-corrected chi connectivity index (χ1v) is 11.9. The molecule has 7 nitrogen and oxygen atoms in total. The standard InChI is InChI=1S/C27H18FN5O2S/c1-35-22-10-6-5-9-21(22)25-29-27-33(31-25)26(34)23(36-27)15-18-16-32(20-7-3-2-4-8-20)30-24(18)17-11-13-19(28)14-12-17/h2-16H,1H3/b23-15-. The van der Waals surface area contributed by atoms with Crippen LogP contribution in [0.3, 0.4) is 0 Å². The number of thiazole rings is 1. The predicted molar refractivity (Wildman–Crippen MR) is 137 cm³/mol. The molecule has 3 aromatic carbocycles. The van der Waals surface area contributed by atoms with Crippen molar-refractivity contribution in [1.82, 2.24) is 24.4 Å². The first-order chi connectivity index (χ1) is 17.6. The first-order valence-electron chi connectivity index (χ1n) is 11.1. The molecular weight excluding hydrogens is 477 g/mol. The van der Waals surface area contributed by atoms with Gasteiger partial charge in [0.2, 0.25) is 4.96 Å². The van der Waals surface area contributed by atoms with Crippen molar-refractivity contribution in [3.05, 3.63) is 111 Å². The third-order valence-corrected chi connectivity index (χ3v) is 6.66. The highest BCUT2D eigenvalue weighted by Gasteiger charge is 2.16. The molecule has 0 N–H and O–H groups in total. The van der Waals surface area contributed by atoms with E-state index < -0.39 is 0 Å². The molecule has 0 aliphatic carbocycles. The highest BCUT2D eigenvalue weighted by Crippen LogP contribution is 2.28. The largest absolute Gasteiger partial charge is 0.496 e. The molecule has 0 fully saturated rings. The van der Waals surface area contributed by atoms with Gasteiger partial charge in [-0.1, -0.05) is 41.7 Å². The summed E-state index contributed by atoms with van der Waals surface area (Å²) in [6.45, 7) is 0. The average Bonchev–Trinajstić information content (AvgIpc) is 3.60. The lowest BCUT2D eigenvalue weighted by Gasteiger charge is -2.03. The van der Waals surface area contributed by atoms with Crippen molar-refractivity contribution >= 4 is 22.4 Å². The normalized spacial score (nSPS) is 11.9. The fourth-order valence-corrected chi connectivity index (χ4v) is 4.86. The Kier molecular flexibility index (Phi) is 5.38. The quantitative estimate of drug-likeness (QED) is 0.355. The molecule has 0 aliphatic heterocycles. The number of ether oxygens (including phenoxy) is 1. The van der Waals surface area contributed by atoms with E-state index in [1.165, 1.54) is 28.0 Å². The molecule has 0 spiro atoms. The maximum atomic E-state index is 13.6. The molecule has 3 heterocycles. The van der Waals surface area contributed by atoms with Gasteiger partial charge in [-0.2, -0.15) is 14.6 Å². The molecule has 9 heteroatoms. The Morgan fingerprint density at radius 1 is 0.944 bits per heavy atom. The fourth-order valence-electron chi connectivity index (χ4n) is 3.96. The molecule has 36 heavy (non-hydrogen) atoms. The van der Waals surface area contributed by atoms with Crippen molar-refractivity contribution in [1.29, 1.82) is 0 Å². The van der Waals surface area contributed by atoms with Crippen LogP contribution in [0.5, 0.6) is 5.75 Å². The second-order valence-corrected chi connectivity index (χ2v) is 8.98. The lowest BCUT2D eigenvalue weighted by Crippen LogP contribution is -2.23. The molecule has 0 saturated heterocycles. The summed E-state index contributed by atoms with van der Waals surface area (Å²) in [4.78, 5) is 18.3.